The second-order valence-electron chi connectivity index (χ2n) is 13.0. The summed E-state index contributed by atoms with van der Waals surface area (Å²) >= 11 is 0. The Morgan fingerprint density at radius 3 is 2.38 bits per heavy atom. The van der Waals surface area contributed by atoms with Crippen LogP contribution in [0.4, 0.5) is 0 Å². The van der Waals surface area contributed by atoms with Crippen LogP contribution < -0.4 is 5.32 Å². The molecular weight excluding hydrogens is 570 g/mol. The fraction of sp³-hybridized carbons (Fsp3) is 0.657. The Kier molecular flexibility index (Phi) is 14.1. The summed E-state index contributed by atoms with van der Waals surface area (Å²) < 4.78 is 11.9. The average Bonchev–Trinajstić information content (AvgIpc) is 3.74. The van der Waals surface area contributed by atoms with Gasteiger partial charge >= 0.3 is 0 Å². The average molecular weight is 626 g/mol. The first kappa shape index (κ1) is 36.2. The molecule has 1 aromatic carbocycles. The van der Waals surface area contributed by atoms with E-state index in [1.807, 2.05) is 63.1 Å². The van der Waals surface area contributed by atoms with Gasteiger partial charge in [0, 0.05) is 46.6 Å². The van der Waals surface area contributed by atoms with Crippen LogP contribution in [0.25, 0.3) is 0 Å². The molecule has 0 bridgehead atoms. The fourth-order valence-corrected chi connectivity index (χ4v) is 6.66. The highest BCUT2D eigenvalue weighted by molar-refractivity contribution is 5.81. The lowest BCUT2D eigenvalue weighted by molar-refractivity contribution is -0.146. The zero-order valence-electron chi connectivity index (χ0n) is 28.5. The van der Waals surface area contributed by atoms with Crippen molar-refractivity contribution in [1.82, 2.24) is 25.1 Å². The molecular formula is C35H55N5O5. The van der Waals surface area contributed by atoms with E-state index in [-0.39, 0.29) is 54.1 Å². The molecule has 7 unspecified atom stereocenters. The van der Waals surface area contributed by atoms with Gasteiger partial charge in [-0.3, -0.25) is 14.4 Å². The summed E-state index contributed by atoms with van der Waals surface area (Å²) in [5.74, 6) is 0.403. The quantitative estimate of drug-likeness (QED) is 0.262. The Labute approximate surface area is 269 Å². The van der Waals surface area contributed by atoms with Crippen LogP contribution >= 0.6 is 0 Å². The molecule has 3 amide bonds. The number of nitrogens with zero attached hydrogens (tertiary/aromatic N) is 3. The van der Waals surface area contributed by atoms with Crippen LogP contribution in [0.1, 0.15) is 84.2 Å². The number of carbonyl (C=O) groups excluding carboxylic acids is 3. The highest BCUT2D eigenvalue weighted by atomic mass is 16.5. The molecule has 0 saturated carbocycles. The number of carbonyl (C=O) groups is 3. The first-order valence-corrected chi connectivity index (χ1v) is 16.5. The molecule has 0 aliphatic carbocycles. The van der Waals surface area contributed by atoms with Crippen molar-refractivity contribution >= 4 is 17.7 Å². The van der Waals surface area contributed by atoms with Crippen molar-refractivity contribution in [3.05, 3.63) is 54.1 Å². The highest BCUT2D eigenvalue weighted by Crippen LogP contribution is 2.30. The molecule has 250 valence electrons. The van der Waals surface area contributed by atoms with Crippen molar-refractivity contribution in [2.24, 2.45) is 17.8 Å². The number of aromatic nitrogens is 2. The topological polar surface area (TPSA) is 117 Å². The minimum Gasteiger partial charge on any atom is -0.379 e. The lowest BCUT2D eigenvalue weighted by Gasteiger charge is -2.39. The Hall–Kier alpha value is -3.24. The summed E-state index contributed by atoms with van der Waals surface area (Å²) in [6.07, 6.45) is 6.09. The summed E-state index contributed by atoms with van der Waals surface area (Å²) in [4.78, 5) is 51.9. The van der Waals surface area contributed by atoms with Crippen molar-refractivity contribution in [2.75, 3.05) is 27.8 Å². The number of likely N-dealkylation sites (tertiary alicyclic amines) is 1. The summed E-state index contributed by atoms with van der Waals surface area (Å²) in [5, 5.41) is 3.19. The van der Waals surface area contributed by atoms with Gasteiger partial charge < -0.3 is 29.6 Å². The van der Waals surface area contributed by atoms with E-state index in [0.29, 0.717) is 25.2 Å². The molecule has 1 saturated heterocycles. The van der Waals surface area contributed by atoms with Gasteiger partial charge in [0.05, 0.1) is 42.7 Å². The Balaban J connectivity index is 1.74. The van der Waals surface area contributed by atoms with Crippen LogP contribution in [-0.4, -0.2) is 89.6 Å². The van der Waals surface area contributed by atoms with Crippen molar-refractivity contribution < 1.29 is 23.9 Å². The third-order valence-corrected chi connectivity index (χ3v) is 9.34. The normalized spacial score (nSPS) is 19.0. The number of H-pyrrole nitrogens is 1. The summed E-state index contributed by atoms with van der Waals surface area (Å²) in [7, 11) is 5.05. The predicted octanol–water partition coefficient (Wildman–Crippen LogP) is 4.78. The maximum atomic E-state index is 13.9. The maximum absolute atomic E-state index is 13.9. The van der Waals surface area contributed by atoms with Crippen LogP contribution in [0, 0.1) is 17.8 Å². The second-order valence-corrected chi connectivity index (χ2v) is 13.0. The number of ether oxygens (including phenoxy) is 2. The molecule has 2 heterocycles. The van der Waals surface area contributed by atoms with Crippen LogP contribution in [-0.2, 0) is 30.3 Å². The minimum absolute atomic E-state index is 0.0467. The number of hydrogen-bond acceptors (Lipinski definition) is 6. The van der Waals surface area contributed by atoms with E-state index in [9.17, 15) is 14.4 Å². The molecule has 7 atom stereocenters. The maximum Gasteiger partial charge on any atom is 0.226 e. The van der Waals surface area contributed by atoms with Gasteiger partial charge in [0.1, 0.15) is 5.82 Å². The van der Waals surface area contributed by atoms with Gasteiger partial charge in [-0.15, -0.1) is 0 Å². The lowest BCUT2D eigenvalue weighted by atomic mass is 9.90. The zero-order valence-corrected chi connectivity index (χ0v) is 28.5. The molecule has 3 rings (SSSR count). The molecule has 0 radical (unpaired) electrons. The number of nitrogens with one attached hydrogen (secondary N) is 2. The van der Waals surface area contributed by atoms with Gasteiger partial charge in [0.2, 0.25) is 17.7 Å². The highest BCUT2D eigenvalue weighted by Gasteiger charge is 2.42. The molecule has 1 aliphatic rings. The van der Waals surface area contributed by atoms with Crippen LogP contribution in [0.5, 0.6) is 0 Å². The summed E-state index contributed by atoms with van der Waals surface area (Å²) in [6.45, 7) is 10.7. The number of imidazole rings is 1. The van der Waals surface area contributed by atoms with Crippen LogP contribution in [0.3, 0.4) is 0 Å². The van der Waals surface area contributed by atoms with E-state index in [0.717, 1.165) is 24.8 Å². The molecule has 10 nitrogen and oxygen atoms in total. The zero-order chi connectivity index (χ0) is 33.1. The van der Waals surface area contributed by atoms with Crippen LogP contribution in [0.2, 0.25) is 0 Å². The van der Waals surface area contributed by atoms with E-state index >= 15 is 0 Å². The first-order chi connectivity index (χ1) is 21.5. The molecule has 2 N–H and O–H groups in total. The SMILES string of the molecule is CCC(C)C(C(CC(=O)N1CCCC1C(OC)C(C)C(=O)NC(Cc1ccccc1)c1ncc[nH]1)OC)N(C)C(=O)CC(C)C. The largest absolute Gasteiger partial charge is 0.379 e. The monoisotopic (exact) mass is 625 g/mol. The van der Waals surface area contributed by atoms with E-state index in [2.05, 4.69) is 29.1 Å². The number of aromatic amines is 1. The summed E-state index contributed by atoms with van der Waals surface area (Å²) in [5.41, 5.74) is 1.09. The third-order valence-electron chi connectivity index (χ3n) is 9.34. The van der Waals surface area contributed by atoms with E-state index in [1.165, 1.54) is 0 Å². The number of benzene rings is 1. The molecule has 2 aromatic rings. The Morgan fingerprint density at radius 2 is 1.80 bits per heavy atom. The Bertz CT molecular complexity index is 1190. The first-order valence-electron chi connectivity index (χ1n) is 16.5. The van der Waals surface area contributed by atoms with Crippen molar-refractivity contribution in [3.8, 4) is 0 Å². The third kappa shape index (κ3) is 9.63. The van der Waals surface area contributed by atoms with E-state index < -0.39 is 18.1 Å². The molecule has 1 aliphatic heterocycles. The number of likely N-dealkylation sites (N-methyl/N-ethyl adjacent to an activating group) is 1. The van der Waals surface area contributed by atoms with Crippen molar-refractivity contribution in [1.29, 1.82) is 0 Å². The second kappa shape index (κ2) is 17.5. The molecule has 0 spiro atoms. The van der Waals surface area contributed by atoms with E-state index in [1.54, 1.807) is 31.5 Å². The van der Waals surface area contributed by atoms with Gasteiger partial charge in [-0.25, -0.2) is 4.98 Å². The fourth-order valence-electron chi connectivity index (χ4n) is 6.66. The number of hydrogen-bond donors (Lipinski definition) is 2. The predicted molar refractivity (Wildman–Crippen MR) is 175 cm³/mol. The van der Waals surface area contributed by atoms with Gasteiger partial charge in [0.25, 0.3) is 0 Å². The number of amides is 3. The smallest absolute Gasteiger partial charge is 0.226 e. The van der Waals surface area contributed by atoms with E-state index in [4.69, 9.17) is 9.47 Å². The van der Waals surface area contributed by atoms with Gasteiger partial charge in [-0.05, 0) is 36.7 Å². The lowest BCUT2D eigenvalue weighted by Crippen LogP contribution is -2.53. The molecule has 10 heteroatoms. The molecule has 1 fully saturated rings. The van der Waals surface area contributed by atoms with Crippen LogP contribution in [0.15, 0.2) is 42.7 Å². The molecule has 45 heavy (non-hydrogen) atoms. The summed E-state index contributed by atoms with van der Waals surface area (Å²) in [6, 6.07) is 9.16. The minimum atomic E-state index is -0.521. The van der Waals surface area contributed by atoms with Gasteiger partial charge in [0.15, 0.2) is 0 Å². The van der Waals surface area contributed by atoms with Gasteiger partial charge in [-0.1, -0.05) is 71.4 Å². The number of methoxy groups -OCH3 is 2. The van der Waals surface area contributed by atoms with Crippen molar-refractivity contribution in [2.45, 2.75) is 103 Å². The van der Waals surface area contributed by atoms with Gasteiger partial charge in [-0.2, -0.15) is 0 Å². The standard InChI is InChI=1S/C35H55N5O5/c1-9-24(4)32(39(6)30(41)20-23(2)3)29(44-7)22-31(42)40-19-13-16-28(40)33(45-8)25(5)35(43)38-27(34-36-17-18-37-34)21-26-14-11-10-12-15-26/h10-12,14-15,17-18,23-25,27-29,32-33H,9,13,16,19-22H2,1-8H3,(H,36,37)(H,38,43). The molecule has 1 aromatic heterocycles. The Morgan fingerprint density at radius 1 is 1.09 bits per heavy atom. The van der Waals surface area contributed by atoms with Crippen molar-refractivity contribution in [3.63, 3.8) is 0 Å². The number of rotatable bonds is 17.